The van der Waals surface area contributed by atoms with E-state index in [2.05, 4.69) is 74.5 Å². The molecular weight excluding hydrogens is 192 g/mol. The predicted molar refractivity (Wildman–Crippen MR) is 71.3 cm³/mol. The van der Waals surface area contributed by atoms with Gasteiger partial charge in [0, 0.05) is 0 Å². The molecule has 0 nitrogen and oxygen atoms in total. The Morgan fingerprint density at radius 1 is 0.750 bits per heavy atom. The van der Waals surface area contributed by atoms with E-state index in [1.807, 2.05) is 0 Å². The zero-order valence-electron chi connectivity index (χ0n) is 9.77. The van der Waals surface area contributed by atoms with E-state index in [0.29, 0.717) is 0 Å². The summed E-state index contributed by atoms with van der Waals surface area (Å²) in [4.78, 5) is 0. The summed E-state index contributed by atoms with van der Waals surface area (Å²) in [5.41, 5.74) is 5.14. The van der Waals surface area contributed by atoms with E-state index in [0.717, 1.165) is 0 Å². The van der Waals surface area contributed by atoms with E-state index >= 15 is 0 Å². The Balaban J connectivity index is 2.21. The van der Waals surface area contributed by atoms with Crippen LogP contribution < -0.4 is 0 Å². The number of hydrogen-bond donors (Lipinski definition) is 0. The van der Waals surface area contributed by atoms with Gasteiger partial charge in [-0.3, -0.25) is 0 Å². The molecule has 0 N–H and O–H groups in total. The molecule has 0 radical (unpaired) electrons. The zero-order valence-corrected chi connectivity index (χ0v) is 9.77. The molecule has 16 heavy (non-hydrogen) atoms. The van der Waals surface area contributed by atoms with Crippen LogP contribution in [0.3, 0.4) is 0 Å². The number of aryl methyl sites for hydroxylation is 2. The average molecular weight is 208 g/mol. The van der Waals surface area contributed by atoms with E-state index in [9.17, 15) is 0 Å². The Bertz CT molecular complexity index is 490. The quantitative estimate of drug-likeness (QED) is 0.638. The minimum atomic E-state index is 1.24. The molecule has 0 bridgehead atoms. The van der Waals surface area contributed by atoms with Crippen LogP contribution in [0.1, 0.15) is 22.3 Å². The monoisotopic (exact) mass is 208 g/mol. The standard InChI is InChI=1S/C16H16/c1-13-7-9-15(10-8-13)11-12-16-6-4-3-5-14(16)2/h3-12H,1-2H3/b12-11+. The highest BCUT2D eigenvalue weighted by molar-refractivity contribution is 5.71. The first-order valence-electron chi connectivity index (χ1n) is 5.56. The van der Waals surface area contributed by atoms with Gasteiger partial charge in [-0.05, 0) is 30.5 Å². The van der Waals surface area contributed by atoms with Gasteiger partial charge in [0.15, 0.2) is 0 Å². The van der Waals surface area contributed by atoms with Crippen molar-refractivity contribution in [3.63, 3.8) is 0 Å². The van der Waals surface area contributed by atoms with Crippen molar-refractivity contribution in [3.05, 3.63) is 70.8 Å². The van der Waals surface area contributed by atoms with Crippen molar-refractivity contribution in [2.24, 2.45) is 0 Å². The van der Waals surface area contributed by atoms with Crippen LogP contribution in [-0.2, 0) is 0 Å². The van der Waals surface area contributed by atoms with Gasteiger partial charge in [-0.2, -0.15) is 0 Å². The summed E-state index contributed by atoms with van der Waals surface area (Å²) < 4.78 is 0. The summed E-state index contributed by atoms with van der Waals surface area (Å²) in [6.45, 7) is 4.24. The molecule has 0 atom stereocenters. The van der Waals surface area contributed by atoms with Crippen molar-refractivity contribution < 1.29 is 0 Å². The maximum atomic E-state index is 2.17. The van der Waals surface area contributed by atoms with Gasteiger partial charge < -0.3 is 0 Å². The van der Waals surface area contributed by atoms with E-state index in [4.69, 9.17) is 0 Å². The highest BCUT2D eigenvalue weighted by Gasteiger charge is 1.91. The molecule has 2 aromatic carbocycles. The van der Waals surface area contributed by atoms with Crippen LogP contribution in [-0.4, -0.2) is 0 Å². The Labute approximate surface area is 97.3 Å². The number of benzene rings is 2. The lowest BCUT2D eigenvalue weighted by Crippen LogP contribution is -1.78. The fourth-order valence-electron chi connectivity index (χ4n) is 1.64. The second-order valence-corrected chi connectivity index (χ2v) is 4.10. The third-order valence-electron chi connectivity index (χ3n) is 2.72. The molecule has 0 heteroatoms. The van der Waals surface area contributed by atoms with Gasteiger partial charge in [-0.1, -0.05) is 66.2 Å². The highest BCUT2D eigenvalue weighted by Crippen LogP contribution is 2.12. The molecule has 0 fully saturated rings. The highest BCUT2D eigenvalue weighted by atomic mass is 14.0. The second-order valence-electron chi connectivity index (χ2n) is 4.10. The summed E-state index contributed by atoms with van der Waals surface area (Å²) >= 11 is 0. The summed E-state index contributed by atoms with van der Waals surface area (Å²) in [5.74, 6) is 0. The molecule has 0 aromatic heterocycles. The van der Waals surface area contributed by atoms with Crippen molar-refractivity contribution in [3.8, 4) is 0 Å². The smallest absolute Gasteiger partial charge is 0.0227 e. The average Bonchev–Trinajstić information content (AvgIpc) is 2.30. The molecule has 0 amide bonds. The summed E-state index contributed by atoms with van der Waals surface area (Å²) in [6.07, 6.45) is 4.32. The van der Waals surface area contributed by atoms with Gasteiger partial charge in [-0.15, -0.1) is 0 Å². The molecule has 0 aliphatic rings. The first-order chi connectivity index (χ1) is 7.75. The lowest BCUT2D eigenvalue weighted by Gasteiger charge is -1.99. The largest absolute Gasteiger partial charge is 0.0620 e. The third-order valence-corrected chi connectivity index (χ3v) is 2.72. The Morgan fingerprint density at radius 2 is 1.44 bits per heavy atom. The topological polar surface area (TPSA) is 0 Å². The van der Waals surface area contributed by atoms with Gasteiger partial charge in [0.1, 0.15) is 0 Å². The fourth-order valence-corrected chi connectivity index (χ4v) is 1.64. The maximum Gasteiger partial charge on any atom is -0.0227 e. The molecule has 2 rings (SSSR count). The molecule has 0 spiro atoms. The second kappa shape index (κ2) is 4.80. The van der Waals surface area contributed by atoms with Crippen LogP contribution in [0.4, 0.5) is 0 Å². The van der Waals surface area contributed by atoms with E-state index in [1.54, 1.807) is 0 Å². The molecule has 0 heterocycles. The minimum absolute atomic E-state index is 1.24. The molecule has 0 aliphatic carbocycles. The molecule has 0 aliphatic heterocycles. The van der Waals surface area contributed by atoms with Crippen LogP contribution >= 0.6 is 0 Å². The van der Waals surface area contributed by atoms with Crippen molar-refractivity contribution in [2.45, 2.75) is 13.8 Å². The van der Waals surface area contributed by atoms with E-state index in [1.165, 1.54) is 22.3 Å². The van der Waals surface area contributed by atoms with Gasteiger partial charge in [0.25, 0.3) is 0 Å². The summed E-state index contributed by atoms with van der Waals surface area (Å²) in [6, 6.07) is 17.0. The zero-order chi connectivity index (χ0) is 11.4. The van der Waals surface area contributed by atoms with E-state index < -0.39 is 0 Å². The van der Waals surface area contributed by atoms with Crippen LogP contribution in [0, 0.1) is 13.8 Å². The van der Waals surface area contributed by atoms with Crippen LogP contribution in [0.15, 0.2) is 48.5 Å². The summed E-state index contributed by atoms with van der Waals surface area (Å²) in [7, 11) is 0. The fraction of sp³-hybridized carbons (Fsp3) is 0.125. The lowest BCUT2D eigenvalue weighted by atomic mass is 10.1. The van der Waals surface area contributed by atoms with Crippen LogP contribution in [0.5, 0.6) is 0 Å². The Morgan fingerprint density at radius 3 is 2.12 bits per heavy atom. The lowest BCUT2D eigenvalue weighted by molar-refractivity contribution is 1.44. The SMILES string of the molecule is Cc1ccc(/C=C/c2ccccc2C)cc1. The Hall–Kier alpha value is -1.82. The molecule has 0 saturated carbocycles. The van der Waals surface area contributed by atoms with Crippen molar-refractivity contribution in [2.75, 3.05) is 0 Å². The molecule has 80 valence electrons. The van der Waals surface area contributed by atoms with Crippen molar-refractivity contribution in [1.29, 1.82) is 0 Å². The molecule has 0 unspecified atom stereocenters. The Kier molecular flexibility index (Phi) is 3.21. The molecule has 2 aromatic rings. The van der Waals surface area contributed by atoms with Gasteiger partial charge in [-0.25, -0.2) is 0 Å². The number of hydrogen-bond acceptors (Lipinski definition) is 0. The molecular formula is C16H16. The maximum absolute atomic E-state index is 2.17. The van der Waals surface area contributed by atoms with Crippen molar-refractivity contribution in [1.82, 2.24) is 0 Å². The normalized spacial score (nSPS) is 10.9. The number of rotatable bonds is 2. The minimum Gasteiger partial charge on any atom is -0.0620 e. The third kappa shape index (κ3) is 2.60. The van der Waals surface area contributed by atoms with Crippen LogP contribution in [0.2, 0.25) is 0 Å². The first kappa shape index (κ1) is 10.7. The molecule has 0 saturated heterocycles. The van der Waals surface area contributed by atoms with Gasteiger partial charge >= 0.3 is 0 Å². The predicted octanol–water partition coefficient (Wildman–Crippen LogP) is 4.47. The summed E-state index contributed by atoms with van der Waals surface area (Å²) in [5, 5.41) is 0. The van der Waals surface area contributed by atoms with E-state index in [-0.39, 0.29) is 0 Å². The van der Waals surface area contributed by atoms with Gasteiger partial charge in [0.05, 0.1) is 0 Å². The first-order valence-corrected chi connectivity index (χ1v) is 5.56. The van der Waals surface area contributed by atoms with Crippen molar-refractivity contribution >= 4 is 12.2 Å². The van der Waals surface area contributed by atoms with Crippen LogP contribution in [0.25, 0.3) is 12.2 Å². The van der Waals surface area contributed by atoms with Gasteiger partial charge in [0.2, 0.25) is 0 Å².